The predicted molar refractivity (Wildman–Crippen MR) is 85.9 cm³/mol. The van der Waals surface area contributed by atoms with Gasteiger partial charge < -0.3 is 4.79 Å². The third-order valence-corrected chi connectivity index (χ3v) is 8.37. The van der Waals surface area contributed by atoms with Gasteiger partial charge in [-0.2, -0.15) is 0 Å². The summed E-state index contributed by atoms with van der Waals surface area (Å²) in [6, 6.07) is 0. The lowest BCUT2D eigenvalue weighted by molar-refractivity contribution is -0.157. The molecular weight excluding hydrogens is 256 g/mol. The van der Waals surface area contributed by atoms with Crippen LogP contribution < -0.4 is 0 Å². The molecule has 0 aliphatic heterocycles. The van der Waals surface area contributed by atoms with Gasteiger partial charge >= 0.3 is 0 Å². The van der Waals surface area contributed by atoms with Crippen molar-refractivity contribution in [3.05, 3.63) is 12.2 Å². The van der Waals surface area contributed by atoms with E-state index in [0.717, 1.165) is 18.3 Å². The van der Waals surface area contributed by atoms with E-state index in [1.54, 1.807) is 5.57 Å². The van der Waals surface area contributed by atoms with Crippen LogP contribution in [0.1, 0.15) is 71.6 Å². The topological polar surface area (TPSA) is 17.1 Å². The van der Waals surface area contributed by atoms with Gasteiger partial charge in [0, 0.05) is 5.41 Å². The van der Waals surface area contributed by atoms with E-state index in [1.807, 2.05) is 0 Å². The first-order valence-electron chi connectivity index (χ1n) is 9.08. The lowest BCUT2D eigenvalue weighted by atomic mass is 9.41. The van der Waals surface area contributed by atoms with Crippen molar-refractivity contribution in [2.24, 2.45) is 34.0 Å². The average molecular weight is 286 g/mol. The first-order chi connectivity index (χ1) is 9.94. The number of aldehydes is 1. The van der Waals surface area contributed by atoms with Crippen LogP contribution in [0.4, 0.5) is 0 Å². The Morgan fingerprint density at radius 1 is 1.10 bits per heavy atom. The van der Waals surface area contributed by atoms with Crippen molar-refractivity contribution in [2.75, 3.05) is 0 Å². The summed E-state index contributed by atoms with van der Waals surface area (Å²) in [5, 5.41) is 0. The van der Waals surface area contributed by atoms with Gasteiger partial charge in [0.1, 0.15) is 6.29 Å². The first kappa shape index (κ1) is 14.0. The zero-order valence-corrected chi connectivity index (χ0v) is 13.8. The van der Waals surface area contributed by atoms with Gasteiger partial charge in [-0.15, -0.1) is 0 Å². The number of carbonyl (C=O) groups is 1. The Labute approximate surface area is 129 Å². The molecule has 0 amide bonds. The minimum atomic E-state index is -0.0545. The second-order valence-electron chi connectivity index (χ2n) is 9.30. The van der Waals surface area contributed by atoms with Gasteiger partial charge in [-0.05, 0) is 80.0 Å². The molecule has 116 valence electrons. The molecule has 1 heteroatoms. The molecule has 0 aromatic heterocycles. The molecule has 0 N–H and O–H groups in total. The third-order valence-electron chi connectivity index (χ3n) is 8.37. The Kier molecular flexibility index (Phi) is 2.83. The summed E-state index contributed by atoms with van der Waals surface area (Å²) in [7, 11) is 0. The maximum atomic E-state index is 11.8. The van der Waals surface area contributed by atoms with Crippen molar-refractivity contribution in [3.63, 3.8) is 0 Å². The van der Waals surface area contributed by atoms with Gasteiger partial charge in [0.05, 0.1) is 0 Å². The second kappa shape index (κ2) is 4.24. The third kappa shape index (κ3) is 1.67. The normalized spacial score (nSPS) is 55.7. The van der Waals surface area contributed by atoms with Crippen molar-refractivity contribution in [2.45, 2.75) is 71.6 Å². The fourth-order valence-corrected chi connectivity index (χ4v) is 7.54. The lowest BCUT2D eigenvalue weighted by Crippen LogP contribution is -2.56. The number of allylic oxidation sites excluding steroid dienone is 1. The highest BCUT2D eigenvalue weighted by Crippen LogP contribution is 2.71. The van der Waals surface area contributed by atoms with E-state index in [4.69, 9.17) is 0 Å². The highest BCUT2D eigenvalue weighted by Gasteiger charge is 2.63. The molecule has 6 atom stereocenters. The molecule has 1 spiro atoms. The summed E-state index contributed by atoms with van der Waals surface area (Å²) < 4.78 is 0. The van der Waals surface area contributed by atoms with Crippen molar-refractivity contribution < 1.29 is 4.79 Å². The van der Waals surface area contributed by atoms with Crippen LogP contribution in [0.2, 0.25) is 0 Å². The maximum Gasteiger partial charge on any atom is 0.126 e. The van der Waals surface area contributed by atoms with Crippen molar-refractivity contribution in [3.8, 4) is 0 Å². The zero-order valence-electron chi connectivity index (χ0n) is 13.8. The number of hydrogen-bond acceptors (Lipinski definition) is 1. The van der Waals surface area contributed by atoms with Gasteiger partial charge in [-0.3, -0.25) is 0 Å². The highest BCUT2D eigenvalue weighted by molar-refractivity contribution is 5.60. The quantitative estimate of drug-likeness (QED) is 0.481. The molecule has 21 heavy (non-hydrogen) atoms. The molecule has 0 heterocycles. The Bertz CT molecular complexity index is 494. The SMILES string of the molecule is C=C1CC23CC[C@H]4[C@@](C)(CCC[C@@]4(C)C=O)[C@@H]2CC[C@@H]1C3. The molecule has 1 unspecified atom stereocenters. The van der Waals surface area contributed by atoms with E-state index >= 15 is 0 Å². The van der Waals surface area contributed by atoms with Crippen LogP contribution in [0.5, 0.6) is 0 Å². The number of rotatable bonds is 1. The molecule has 0 aromatic rings. The average Bonchev–Trinajstić information content (AvgIpc) is 2.68. The Morgan fingerprint density at radius 2 is 1.90 bits per heavy atom. The molecule has 4 fully saturated rings. The summed E-state index contributed by atoms with van der Waals surface area (Å²) in [4.78, 5) is 11.8. The van der Waals surface area contributed by atoms with Crippen LogP contribution in [0.3, 0.4) is 0 Å². The second-order valence-corrected chi connectivity index (χ2v) is 9.30. The molecule has 0 aromatic carbocycles. The molecular formula is C20H30O. The van der Waals surface area contributed by atoms with E-state index in [2.05, 4.69) is 20.4 Å². The standard InChI is InChI=1S/C20H30O/c1-14-11-20-10-7-16-18(2,13-21)8-4-9-19(16,3)17(20)6-5-15(14)12-20/h13,15-17H,1,4-12H2,2-3H3/t15-,16-,17+,18+,19-,20?/m1/s1. The van der Waals surface area contributed by atoms with E-state index in [0.29, 0.717) is 16.7 Å². The number of hydrogen-bond donors (Lipinski definition) is 0. The Hall–Kier alpha value is -0.590. The van der Waals surface area contributed by atoms with E-state index in [1.165, 1.54) is 57.7 Å². The molecule has 4 aliphatic rings. The smallest absolute Gasteiger partial charge is 0.126 e. The maximum absolute atomic E-state index is 11.8. The van der Waals surface area contributed by atoms with Crippen LogP contribution in [0.15, 0.2) is 12.2 Å². The first-order valence-corrected chi connectivity index (χ1v) is 9.08. The van der Waals surface area contributed by atoms with Gasteiger partial charge in [-0.25, -0.2) is 0 Å². The summed E-state index contributed by atoms with van der Waals surface area (Å²) >= 11 is 0. The van der Waals surface area contributed by atoms with Crippen molar-refractivity contribution >= 4 is 6.29 Å². The van der Waals surface area contributed by atoms with Gasteiger partial charge in [-0.1, -0.05) is 32.4 Å². The molecule has 2 bridgehead atoms. The number of fused-ring (bicyclic) bond motifs is 3. The van der Waals surface area contributed by atoms with Crippen LogP contribution in [0.25, 0.3) is 0 Å². The van der Waals surface area contributed by atoms with Crippen LogP contribution in [-0.2, 0) is 4.79 Å². The zero-order chi connectivity index (χ0) is 14.9. The minimum Gasteiger partial charge on any atom is -0.303 e. The van der Waals surface area contributed by atoms with Gasteiger partial charge in [0.15, 0.2) is 0 Å². The van der Waals surface area contributed by atoms with Crippen LogP contribution in [0, 0.1) is 34.0 Å². The molecule has 4 rings (SSSR count). The predicted octanol–water partition coefficient (Wildman–Crippen LogP) is 5.15. The fourth-order valence-electron chi connectivity index (χ4n) is 7.54. The lowest BCUT2D eigenvalue weighted by Gasteiger charge is -2.63. The van der Waals surface area contributed by atoms with E-state index in [-0.39, 0.29) is 5.41 Å². The highest BCUT2D eigenvalue weighted by atomic mass is 16.1. The molecule has 1 nitrogen and oxygen atoms in total. The largest absolute Gasteiger partial charge is 0.303 e. The van der Waals surface area contributed by atoms with E-state index in [9.17, 15) is 4.79 Å². The summed E-state index contributed by atoms with van der Waals surface area (Å²) in [6.07, 6.45) is 13.1. The van der Waals surface area contributed by atoms with Crippen molar-refractivity contribution in [1.82, 2.24) is 0 Å². The monoisotopic (exact) mass is 286 g/mol. The summed E-state index contributed by atoms with van der Waals surface area (Å²) in [5.74, 6) is 2.29. The Morgan fingerprint density at radius 3 is 2.67 bits per heavy atom. The van der Waals surface area contributed by atoms with Crippen LogP contribution >= 0.6 is 0 Å². The Balaban J connectivity index is 1.75. The van der Waals surface area contributed by atoms with Crippen molar-refractivity contribution in [1.29, 1.82) is 0 Å². The number of carbonyl (C=O) groups excluding carboxylic acids is 1. The van der Waals surface area contributed by atoms with E-state index < -0.39 is 0 Å². The summed E-state index contributed by atoms with van der Waals surface area (Å²) in [6.45, 7) is 9.19. The van der Waals surface area contributed by atoms with Crippen LogP contribution in [-0.4, -0.2) is 6.29 Å². The molecule has 0 saturated heterocycles. The molecule has 0 radical (unpaired) electrons. The molecule has 4 aliphatic carbocycles. The van der Waals surface area contributed by atoms with Gasteiger partial charge in [0.2, 0.25) is 0 Å². The molecule has 4 saturated carbocycles. The van der Waals surface area contributed by atoms with Gasteiger partial charge in [0.25, 0.3) is 0 Å². The fraction of sp³-hybridized carbons (Fsp3) is 0.850. The minimum absolute atomic E-state index is 0.0545. The summed E-state index contributed by atoms with van der Waals surface area (Å²) in [5.41, 5.74) is 2.46.